The molecule has 1 heterocycles. The van der Waals surface area contributed by atoms with E-state index in [1.807, 2.05) is 0 Å². The number of carboxylic acid groups (broad SMARTS) is 2. The molecule has 0 radical (unpaired) electrons. The predicted octanol–water partition coefficient (Wildman–Crippen LogP) is 2.53. The van der Waals surface area contributed by atoms with Gasteiger partial charge in [-0.05, 0) is 41.8 Å². The Labute approximate surface area is 138 Å². The normalized spacial score (nSPS) is 11.7. The molecule has 126 valence electrons. The van der Waals surface area contributed by atoms with Crippen LogP contribution in [0.15, 0.2) is 48.8 Å². The van der Waals surface area contributed by atoms with E-state index in [0.717, 1.165) is 5.56 Å². The summed E-state index contributed by atoms with van der Waals surface area (Å²) < 4.78 is 0. The average molecular weight is 330 g/mol. The fourth-order valence-corrected chi connectivity index (χ4v) is 2.38. The van der Waals surface area contributed by atoms with Crippen LogP contribution in [0.4, 0.5) is 4.79 Å². The van der Waals surface area contributed by atoms with E-state index in [1.54, 1.807) is 24.5 Å². The zero-order valence-corrected chi connectivity index (χ0v) is 12.9. The molecule has 0 bridgehead atoms. The number of pyridine rings is 1. The third kappa shape index (κ3) is 4.70. The smallest absolute Gasteiger partial charge is 0.407 e. The third-order valence-electron chi connectivity index (χ3n) is 3.67. The maximum Gasteiger partial charge on any atom is 0.407 e. The van der Waals surface area contributed by atoms with Crippen LogP contribution in [0.25, 0.3) is 0 Å². The molecule has 7 nitrogen and oxygen atoms in total. The van der Waals surface area contributed by atoms with Gasteiger partial charge in [-0.3, -0.25) is 9.78 Å². The van der Waals surface area contributed by atoms with Crippen molar-refractivity contribution in [3.05, 3.63) is 59.9 Å². The molecule has 1 atom stereocenters. The number of benzene rings is 1. The summed E-state index contributed by atoms with van der Waals surface area (Å²) in [6, 6.07) is 9.31. The van der Waals surface area contributed by atoms with Gasteiger partial charge in [-0.2, -0.15) is 0 Å². The summed E-state index contributed by atoms with van der Waals surface area (Å²) in [5.41, 5.74) is 1.30. The maximum atomic E-state index is 11.5. The number of nitrogens with zero attached hydrogens (tertiary/aromatic N) is 2. The van der Waals surface area contributed by atoms with Gasteiger partial charge >= 0.3 is 12.1 Å². The number of carboxylic acids is 1. The molecule has 0 aliphatic rings. The zero-order valence-electron chi connectivity index (χ0n) is 12.9. The average Bonchev–Trinajstić information content (AvgIpc) is 2.56. The lowest BCUT2D eigenvalue weighted by Crippen LogP contribution is -2.31. The topological polar surface area (TPSA) is 111 Å². The fourth-order valence-electron chi connectivity index (χ4n) is 2.38. The lowest BCUT2D eigenvalue weighted by Gasteiger charge is -2.21. The van der Waals surface area contributed by atoms with Gasteiger partial charge in [0.2, 0.25) is 0 Å². The highest BCUT2D eigenvalue weighted by atomic mass is 16.4. The van der Waals surface area contributed by atoms with Crippen LogP contribution in [-0.2, 0) is 11.3 Å². The minimum atomic E-state index is -1.11. The van der Waals surface area contributed by atoms with E-state index in [0.29, 0.717) is 5.56 Å². The van der Waals surface area contributed by atoms with Crippen LogP contribution in [-0.4, -0.2) is 43.8 Å². The highest BCUT2D eigenvalue weighted by Gasteiger charge is 2.22. The Balaban J connectivity index is 2.06. The third-order valence-corrected chi connectivity index (χ3v) is 3.67. The van der Waals surface area contributed by atoms with Gasteiger partial charge in [0.15, 0.2) is 0 Å². The SMILES string of the molecule is O=C(O)[C@@H](CCN(Cc1ccncc1)C(=O)O)c1ccc(O)cc1. The van der Waals surface area contributed by atoms with Gasteiger partial charge in [0, 0.05) is 25.5 Å². The standard InChI is InChI=1S/C17H18N2O5/c20-14-3-1-13(2-4-14)15(16(21)22)7-10-19(17(23)24)11-12-5-8-18-9-6-12/h1-6,8-9,15,20H,7,10-11H2,(H,21,22)(H,23,24)/t15-/m0/s1. The second-order valence-electron chi connectivity index (χ2n) is 5.33. The van der Waals surface area contributed by atoms with Gasteiger partial charge in [0.25, 0.3) is 0 Å². The van der Waals surface area contributed by atoms with Gasteiger partial charge < -0.3 is 20.2 Å². The molecule has 0 saturated heterocycles. The summed E-state index contributed by atoms with van der Waals surface area (Å²) in [6.45, 7) is 0.245. The quantitative estimate of drug-likeness (QED) is 0.719. The van der Waals surface area contributed by atoms with Crippen molar-refractivity contribution in [3.63, 3.8) is 0 Å². The second-order valence-corrected chi connectivity index (χ2v) is 5.33. The second kappa shape index (κ2) is 7.96. The number of phenols is 1. The molecule has 0 spiro atoms. The Morgan fingerprint density at radius 1 is 1.04 bits per heavy atom. The molecule has 0 saturated carbocycles. The first-order chi connectivity index (χ1) is 11.5. The largest absolute Gasteiger partial charge is 0.508 e. The molecule has 1 aromatic carbocycles. The number of rotatable bonds is 7. The minimum Gasteiger partial charge on any atom is -0.508 e. The predicted molar refractivity (Wildman–Crippen MR) is 85.8 cm³/mol. The van der Waals surface area contributed by atoms with E-state index in [-0.39, 0.29) is 25.3 Å². The molecule has 0 fully saturated rings. The Kier molecular flexibility index (Phi) is 5.73. The van der Waals surface area contributed by atoms with Crippen LogP contribution in [0, 0.1) is 0 Å². The number of carbonyl (C=O) groups is 2. The van der Waals surface area contributed by atoms with Gasteiger partial charge in [-0.1, -0.05) is 12.1 Å². The molecule has 24 heavy (non-hydrogen) atoms. The maximum absolute atomic E-state index is 11.5. The highest BCUT2D eigenvalue weighted by molar-refractivity contribution is 5.76. The molecule has 3 N–H and O–H groups in total. The van der Waals surface area contributed by atoms with Crippen molar-refractivity contribution in [1.29, 1.82) is 0 Å². The number of aliphatic carboxylic acids is 1. The highest BCUT2D eigenvalue weighted by Crippen LogP contribution is 2.23. The summed E-state index contributed by atoms with van der Waals surface area (Å²) in [5.74, 6) is -1.83. The lowest BCUT2D eigenvalue weighted by molar-refractivity contribution is -0.139. The number of aromatic nitrogens is 1. The fraction of sp³-hybridized carbons (Fsp3) is 0.235. The van der Waals surface area contributed by atoms with Crippen molar-refractivity contribution in [2.24, 2.45) is 0 Å². The van der Waals surface area contributed by atoms with Crippen LogP contribution in [0.2, 0.25) is 0 Å². The van der Waals surface area contributed by atoms with E-state index in [4.69, 9.17) is 0 Å². The summed E-state index contributed by atoms with van der Waals surface area (Å²) in [4.78, 5) is 27.9. The first-order valence-corrected chi connectivity index (χ1v) is 7.36. The zero-order chi connectivity index (χ0) is 17.5. The van der Waals surface area contributed by atoms with Crippen molar-refractivity contribution >= 4 is 12.1 Å². The molecule has 2 aromatic rings. The van der Waals surface area contributed by atoms with Gasteiger partial charge in [0.05, 0.1) is 5.92 Å². The Morgan fingerprint density at radius 2 is 1.67 bits per heavy atom. The number of aromatic hydroxyl groups is 1. The summed E-state index contributed by atoms with van der Waals surface area (Å²) in [7, 11) is 0. The number of amides is 1. The molecule has 0 aliphatic carbocycles. The van der Waals surface area contributed by atoms with Crippen LogP contribution >= 0.6 is 0 Å². The molecule has 0 unspecified atom stereocenters. The molecule has 1 amide bonds. The molecular weight excluding hydrogens is 312 g/mol. The number of phenolic OH excluding ortho intramolecular Hbond substituents is 1. The first kappa shape index (κ1) is 17.3. The lowest BCUT2D eigenvalue weighted by atomic mass is 9.95. The van der Waals surface area contributed by atoms with E-state index in [2.05, 4.69) is 4.98 Å². The molecule has 7 heteroatoms. The summed E-state index contributed by atoms with van der Waals surface area (Å²) >= 11 is 0. The van der Waals surface area contributed by atoms with Crippen LogP contribution in [0.5, 0.6) is 5.75 Å². The Morgan fingerprint density at radius 3 is 2.21 bits per heavy atom. The summed E-state index contributed by atoms with van der Waals surface area (Å²) in [6.07, 6.45) is 2.18. The minimum absolute atomic E-state index is 0.0488. The van der Waals surface area contributed by atoms with Gasteiger partial charge in [0.1, 0.15) is 5.75 Å². The van der Waals surface area contributed by atoms with E-state index in [9.17, 15) is 24.9 Å². The molecule has 1 aromatic heterocycles. The van der Waals surface area contributed by atoms with Gasteiger partial charge in [-0.15, -0.1) is 0 Å². The van der Waals surface area contributed by atoms with Crippen molar-refractivity contribution in [3.8, 4) is 5.75 Å². The molecule has 0 aliphatic heterocycles. The molecule has 2 rings (SSSR count). The van der Waals surface area contributed by atoms with Crippen molar-refractivity contribution in [1.82, 2.24) is 9.88 Å². The first-order valence-electron chi connectivity index (χ1n) is 7.36. The monoisotopic (exact) mass is 330 g/mol. The van der Waals surface area contributed by atoms with Crippen LogP contribution < -0.4 is 0 Å². The van der Waals surface area contributed by atoms with Crippen LogP contribution in [0.1, 0.15) is 23.5 Å². The number of hydrogen-bond donors (Lipinski definition) is 3. The Bertz CT molecular complexity index is 688. The summed E-state index contributed by atoms with van der Waals surface area (Å²) in [5, 5.41) is 28.0. The van der Waals surface area contributed by atoms with E-state index < -0.39 is 18.0 Å². The molecular formula is C17H18N2O5. The van der Waals surface area contributed by atoms with Gasteiger partial charge in [-0.25, -0.2) is 4.79 Å². The van der Waals surface area contributed by atoms with Crippen molar-refractivity contribution in [2.45, 2.75) is 18.9 Å². The van der Waals surface area contributed by atoms with E-state index in [1.165, 1.54) is 29.2 Å². The Hall–Kier alpha value is -3.09. The van der Waals surface area contributed by atoms with Crippen LogP contribution in [0.3, 0.4) is 0 Å². The van der Waals surface area contributed by atoms with Crippen molar-refractivity contribution in [2.75, 3.05) is 6.54 Å². The number of hydrogen-bond acceptors (Lipinski definition) is 4. The van der Waals surface area contributed by atoms with E-state index >= 15 is 0 Å². The van der Waals surface area contributed by atoms with Crippen molar-refractivity contribution < 1.29 is 24.9 Å².